The quantitative estimate of drug-likeness (QED) is 0.563. The molecule has 10 heavy (non-hydrogen) atoms. The first-order valence-electron chi connectivity index (χ1n) is 2.90. The van der Waals surface area contributed by atoms with Gasteiger partial charge < -0.3 is 0 Å². The smallest absolute Gasteiger partial charge is 0.199 e. The maximum atomic E-state index is 10.7. The van der Waals surface area contributed by atoms with E-state index in [9.17, 15) is 9.59 Å². The van der Waals surface area contributed by atoms with Crippen LogP contribution in [-0.2, 0) is 9.59 Å². The molecule has 0 fully saturated rings. The van der Waals surface area contributed by atoms with Gasteiger partial charge in [0.2, 0.25) is 0 Å². The Hall–Kier alpha value is 0.300. The summed E-state index contributed by atoms with van der Waals surface area (Å²) in [5.41, 5.74) is 0. The van der Waals surface area contributed by atoms with E-state index in [1.165, 1.54) is 0 Å². The van der Waals surface area contributed by atoms with Crippen LogP contribution in [0.4, 0.5) is 0 Å². The second kappa shape index (κ2) is 6.04. The van der Waals surface area contributed by atoms with E-state index in [0.717, 1.165) is 0 Å². The molecule has 0 saturated heterocycles. The van der Waals surface area contributed by atoms with Crippen molar-refractivity contribution in [3.05, 3.63) is 0 Å². The maximum Gasteiger partial charge on any atom is 0.199 e. The van der Waals surface area contributed by atoms with E-state index >= 15 is 0 Å². The molecule has 58 valence electrons. The van der Waals surface area contributed by atoms with E-state index < -0.39 is 0 Å². The molecule has 4 heteroatoms. The summed E-state index contributed by atoms with van der Waals surface area (Å²) in [6.45, 7) is 0. The van der Waals surface area contributed by atoms with Gasteiger partial charge in [0.05, 0.1) is 0 Å². The van der Waals surface area contributed by atoms with Crippen LogP contribution >= 0.6 is 31.9 Å². The minimum absolute atomic E-state index is 0.281. The first-order valence-corrected chi connectivity index (χ1v) is 5.14. The van der Waals surface area contributed by atoms with Crippen LogP contribution in [0, 0.1) is 0 Å². The molecule has 0 bridgehead atoms. The molecule has 0 saturated carbocycles. The van der Waals surface area contributed by atoms with Crippen LogP contribution < -0.4 is 0 Å². The fourth-order valence-electron chi connectivity index (χ4n) is 0.450. The van der Waals surface area contributed by atoms with Crippen molar-refractivity contribution in [2.45, 2.75) is 12.8 Å². The largest absolute Gasteiger partial charge is 0.291 e. The van der Waals surface area contributed by atoms with Crippen LogP contribution in [0.5, 0.6) is 0 Å². The van der Waals surface area contributed by atoms with Gasteiger partial charge in [-0.3, -0.25) is 9.59 Å². The van der Waals surface area contributed by atoms with Crippen molar-refractivity contribution in [3.63, 3.8) is 0 Å². The number of carbonyl (C=O) groups excluding carboxylic acids is 2. The number of Topliss-reactive ketones (excluding diaryl/α,β-unsaturated/α-hetero) is 2. The van der Waals surface area contributed by atoms with E-state index in [0.29, 0.717) is 23.5 Å². The Morgan fingerprint density at radius 1 is 0.900 bits per heavy atom. The molecule has 0 N–H and O–H groups in total. The highest BCUT2D eigenvalue weighted by molar-refractivity contribution is 9.09. The molecule has 2 nitrogen and oxygen atoms in total. The standard InChI is InChI=1S/C6H8Br2O2/c7-3-1-5(9)6(10)2-4-8/h1-4H2. The van der Waals surface area contributed by atoms with Crippen molar-refractivity contribution in [2.75, 3.05) is 10.7 Å². The van der Waals surface area contributed by atoms with Gasteiger partial charge >= 0.3 is 0 Å². The first kappa shape index (κ1) is 10.3. The lowest BCUT2D eigenvalue weighted by atomic mass is 10.2. The molecule has 0 aliphatic rings. The molecular weight excluding hydrogens is 264 g/mol. The number of hydrogen-bond donors (Lipinski definition) is 0. The zero-order valence-electron chi connectivity index (χ0n) is 5.40. The minimum atomic E-state index is -0.281. The number of halogens is 2. The molecule has 0 aliphatic heterocycles. The SMILES string of the molecule is O=C(CCBr)C(=O)CCBr. The zero-order valence-corrected chi connectivity index (χ0v) is 8.57. The predicted octanol–water partition coefficient (Wildman–Crippen LogP) is 1.69. The Morgan fingerprint density at radius 3 is 1.40 bits per heavy atom. The average molecular weight is 272 g/mol. The Balaban J connectivity index is 3.60. The fraction of sp³-hybridized carbons (Fsp3) is 0.667. The molecule has 0 amide bonds. The summed E-state index contributed by atoms with van der Waals surface area (Å²) in [4.78, 5) is 21.5. The summed E-state index contributed by atoms with van der Waals surface area (Å²) < 4.78 is 0. The number of carbonyl (C=O) groups is 2. The Kier molecular flexibility index (Phi) is 6.22. The highest BCUT2D eigenvalue weighted by atomic mass is 79.9. The molecular formula is C6H8Br2O2. The molecule has 0 heterocycles. The van der Waals surface area contributed by atoms with Crippen LogP contribution in [0.1, 0.15) is 12.8 Å². The third-order valence-corrected chi connectivity index (χ3v) is 1.75. The van der Waals surface area contributed by atoms with Gasteiger partial charge in [-0.2, -0.15) is 0 Å². The van der Waals surface area contributed by atoms with E-state index in [-0.39, 0.29) is 11.6 Å². The van der Waals surface area contributed by atoms with Crippen LogP contribution in [0.15, 0.2) is 0 Å². The van der Waals surface area contributed by atoms with Crippen molar-refractivity contribution >= 4 is 43.4 Å². The molecule has 0 atom stereocenters. The minimum Gasteiger partial charge on any atom is -0.291 e. The van der Waals surface area contributed by atoms with Gasteiger partial charge in [-0.25, -0.2) is 0 Å². The van der Waals surface area contributed by atoms with E-state index in [2.05, 4.69) is 31.9 Å². The van der Waals surface area contributed by atoms with Crippen molar-refractivity contribution < 1.29 is 9.59 Å². The molecule has 0 aromatic rings. The molecule has 0 aromatic carbocycles. The lowest BCUT2D eigenvalue weighted by Gasteiger charge is -1.92. The van der Waals surface area contributed by atoms with Crippen molar-refractivity contribution in [1.29, 1.82) is 0 Å². The molecule has 0 aliphatic carbocycles. The van der Waals surface area contributed by atoms with Gasteiger partial charge in [0.25, 0.3) is 0 Å². The topological polar surface area (TPSA) is 34.1 Å². The number of rotatable bonds is 5. The van der Waals surface area contributed by atoms with Crippen LogP contribution in [-0.4, -0.2) is 22.2 Å². The Morgan fingerprint density at radius 2 is 1.20 bits per heavy atom. The van der Waals surface area contributed by atoms with Crippen LogP contribution in [0.3, 0.4) is 0 Å². The van der Waals surface area contributed by atoms with Crippen LogP contribution in [0.25, 0.3) is 0 Å². The average Bonchev–Trinajstić information content (AvgIpc) is 1.89. The summed E-state index contributed by atoms with van der Waals surface area (Å²) in [6, 6.07) is 0. The second-order valence-corrected chi connectivity index (χ2v) is 3.31. The molecule has 0 unspecified atom stereocenters. The third kappa shape index (κ3) is 4.17. The van der Waals surface area contributed by atoms with Gasteiger partial charge in [-0.05, 0) is 0 Å². The fourth-order valence-corrected chi connectivity index (χ4v) is 1.17. The maximum absolute atomic E-state index is 10.7. The van der Waals surface area contributed by atoms with Crippen molar-refractivity contribution in [3.8, 4) is 0 Å². The van der Waals surface area contributed by atoms with Crippen LogP contribution in [0.2, 0.25) is 0 Å². The lowest BCUT2D eigenvalue weighted by molar-refractivity contribution is -0.136. The molecule has 0 radical (unpaired) electrons. The van der Waals surface area contributed by atoms with Gasteiger partial charge in [-0.1, -0.05) is 31.9 Å². The van der Waals surface area contributed by atoms with Gasteiger partial charge in [0, 0.05) is 23.5 Å². The van der Waals surface area contributed by atoms with Crippen molar-refractivity contribution in [1.82, 2.24) is 0 Å². The summed E-state index contributed by atoms with van der Waals surface area (Å²) in [6.07, 6.45) is 0.623. The number of alkyl halides is 2. The highest BCUT2D eigenvalue weighted by Gasteiger charge is 2.10. The van der Waals surface area contributed by atoms with Crippen molar-refractivity contribution in [2.24, 2.45) is 0 Å². The summed E-state index contributed by atoms with van der Waals surface area (Å²) in [7, 11) is 0. The highest BCUT2D eigenvalue weighted by Crippen LogP contribution is 1.96. The van der Waals surface area contributed by atoms with E-state index in [1.54, 1.807) is 0 Å². The Bertz CT molecular complexity index is 118. The second-order valence-electron chi connectivity index (χ2n) is 1.72. The normalized spacial score (nSPS) is 9.40. The first-order chi connectivity index (χ1) is 4.72. The predicted molar refractivity (Wildman–Crippen MR) is 46.8 cm³/mol. The molecule has 0 aromatic heterocycles. The summed E-state index contributed by atoms with van der Waals surface area (Å²) >= 11 is 6.17. The van der Waals surface area contributed by atoms with E-state index in [4.69, 9.17) is 0 Å². The summed E-state index contributed by atoms with van der Waals surface area (Å²) in [5.74, 6) is -0.562. The summed E-state index contributed by atoms with van der Waals surface area (Å²) in [5, 5.41) is 1.14. The lowest BCUT2D eigenvalue weighted by Crippen LogP contribution is -2.13. The number of hydrogen-bond acceptors (Lipinski definition) is 2. The van der Waals surface area contributed by atoms with Gasteiger partial charge in [0.1, 0.15) is 0 Å². The third-order valence-electron chi connectivity index (χ3n) is 0.954. The number of ketones is 2. The molecule has 0 rings (SSSR count). The molecule has 0 spiro atoms. The Labute approximate surface area is 76.6 Å². The van der Waals surface area contributed by atoms with Gasteiger partial charge in [0.15, 0.2) is 11.6 Å². The van der Waals surface area contributed by atoms with E-state index in [1.807, 2.05) is 0 Å². The van der Waals surface area contributed by atoms with Gasteiger partial charge in [-0.15, -0.1) is 0 Å². The monoisotopic (exact) mass is 270 g/mol. The zero-order chi connectivity index (χ0) is 7.98.